The van der Waals surface area contributed by atoms with Crippen LogP contribution in [0.5, 0.6) is 5.75 Å². The van der Waals surface area contributed by atoms with Crippen LogP contribution in [-0.2, 0) is 0 Å². The van der Waals surface area contributed by atoms with Crippen LogP contribution >= 0.6 is 0 Å². The minimum Gasteiger partial charge on any atom is -0.508 e. The fourth-order valence-electron chi connectivity index (χ4n) is 2.32. The van der Waals surface area contributed by atoms with Gasteiger partial charge in [-0.2, -0.15) is 0 Å². The van der Waals surface area contributed by atoms with Crippen LogP contribution in [-0.4, -0.2) is 29.7 Å². The highest BCUT2D eigenvalue weighted by molar-refractivity contribution is 5.92. The zero-order valence-corrected chi connectivity index (χ0v) is 10.7. The second kappa shape index (κ2) is 5.28. The maximum atomic E-state index is 9.60. The van der Waals surface area contributed by atoms with Crippen LogP contribution in [0.4, 0.5) is 5.82 Å². The molecule has 2 aromatic rings. The van der Waals surface area contributed by atoms with Crippen molar-refractivity contribution in [3.63, 3.8) is 0 Å². The summed E-state index contributed by atoms with van der Waals surface area (Å²) >= 11 is 0. The molecule has 3 rings (SSSR count). The molecular weight excluding hydrogens is 238 g/mol. The molecular formula is C15H17N3O. The lowest BCUT2D eigenvalue weighted by Gasteiger charge is -2.15. The summed E-state index contributed by atoms with van der Waals surface area (Å²) < 4.78 is 0. The van der Waals surface area contributed by atoms with E-state index in [0.29, 0.717) is 0 Å². The molecule has 0 fully saturated rings. The first-order chi connectivity index (χ1) is 9.33. The predicted molar refractivity (Wildman–Crippen MR) is 77.5 cm³/mol. The lowest BCUT2D eigenvalue weighted by Crippen LogP contribution is -2.23. The highest BCUT2D eigenvalue weighted by Crippen LogP contribution is 2.25. The number of pyridine rings is 1. The van der Waals surface area contributed by atoms with Gasteiger partial charge < -0.3 is 15.7 Å². The third-order valence-electron chi connectivity index (χ3n) is 3.39. The molecule has 0 saturated carbocycles. The standard InChI is InChI=1S/C15H17N3O/c19-13-2-1-12-5-8-17-15(14(12)9-13)18-10-11-3-6-16-7-4-11/h1-3,5,8-9,16,19H,4,6-7,10H2,(H,17,18). The number of phenolic OH excluding ortho intramolecular Hbond substituents is 1. The predicted octanol–water partition coefficient (Wildman–Crippen LogP) is 2.27. The van der Waals surface area contributed by atoms with Gasteiger partial charge in [0.1, 0.15) is 11.6 Å². The lowest BCUT2D eigenvalue weighted by atomic mass is 10.1. The third-order valence-corrected chi connectivity index (χ3v) is 3.39. The largest absolute Gasteiger partial charge is 0.508 e. The first kappa shape index (κ1) is 12.0. The van der Waals surface area contributed by atoms with Crippen LogP contribution in [0.3, 0.4) is 0 Å². The topological polar surface area (TPSA) is 57.2 Å². The summed E-state index contributed by atoms with van der Waals surface area (Å²) in [5.41, 5.74) is 1.40. The Labute approximate surface area is 112 Å². The smallest absolute Gasteiger partial charge is 0.134 e. The minimum absolute atomic E-state index is 0.268. The molecule has 0 spiro atoms. The molecule has 0 unspecified atom stereocenters. The number of phenols is 1. The number of aromatic hydroxyl groups is 1. The molecule has 2 heterocycles. The first-order valence-corrected chi connectivity index (χ1v) is 6.53. The molecule has 0 saturated heterocycles. The monoisotopic (exact) mass is 255 g/mol. The number of benzene rings is 1. The van der Waals surface area contributed by atoms with Gasteiger partial charge in [0.05, 0.1) is 0 Å². The van der Waals surface area contributed by atoms with Gasteiger partial charge in [-0.1, -0.05) is 17.7 Å². The molecule has 1 aliphatic heterocycles. The van der Waals surface area contributed by atoms with Gasteiger partial charge in [0.2, 0.25) is 0 Å². The normalized spacial score (nSPS) is 15.3. The van der Waals surface area contributed by atoms with E-state index in [1.807, 2.05) is 12.1 Å². The van der Waals surface area contributed by atoms with E-state index in [9.17, 15) is 5.11 Å². The fraction of sp³-hybridized carbons (Fsp3) is 0.267. The molecule has 4 heteroatoms. The number of rotatable bonds is 3. The molecule has 0 atom stereocenters. The van der Waals surface area contributed by atoms with Crippen molar-refractivity contribution in [1.82, 2.24) is 10.3 Å². The zero-order chi connectivity index (χ0) is 13.1. The van der Waals surface area contributed by atoms with Gasteiger partial charge in [-0.05, 0) is 36.6 Å². The summed E-state index contributed by atoms with van der Waals surface area (Å²) in [5, 5.41) is 18.3. The van der Waals surface area contributed by atoms with Crippen LogP contribution in [0.1, 0.15) is 6.42 Å². The Hall–Kier alpha value is -2.07. The van der Waals surface area contributed by atoms with E-state index in [1.54, 1.807) is 18.3 Å². The Kier molecular flexibility index (Phi) is 3.33. The van der Waals surface area contributed by atoms with Crippen molar-refractivity contribution in [3.05, 3.63) is 42.1 Å². The van der Waals surface area contributed by atoms with Gasteiger partial charge in [0.25, 0.3) is 0 Å². The average Bonchev–Trinajstić information content (AvgIpc) is 2.46. The molecule has 19 heavy (non-hydrogen) atoms. The van der Waals surface area contributed by atoms with E-state index in [0.717, 1.165) is 42.6 Å². The SMILES string of the molecule is Oc1ccc2ccnc(NCC3=CCNCC3)c2c1. The van der Waals surface area contributed by atoms with Crippen molar-refractivity contribution < 1.29 is 5.11 Å². The summed E-state index contributed by atoms with van der Waals surface area (Å²) in [7, 11) is 0. The van der Waals surface area contributed by atoms with Gasteiger partial charge >= 0.3 is 0 Å². The second-order valence-electron chi connectivity index (χ2n) is 4.74. The molecule has 98 valence electrons. The van der Waals surface area contributed by atoms with Crippen molar-refractivity contribution >= 4 is 16.6 Å². The summed E-state index contributed by atoms with van der Waals surface area (Å²) in [6.07, 6.45) is 5.08. The summed E-state index contributed by atoms with van der Waals surface area (Å²) in [5.74, 6) is 1.09. The Morgan fingerprint density at radius 1 is 1.32 bits per heavy atom. The number of nitrogens with one attached hydrogen (secondary N) is 2. The zero-order valence-electron chi connectivity index (χ0n) is 10.7. The molecule has 0 aliphatic carbocycles. The van der Waals surface area contributed by atoms with Crippen LogP contribution in [0.15, 0.2) is 42.1 Å². The lowest BCUT2D eigenvalue weighted by molar-refractivity contribution is 0.476. The van der Waals surface area contributed by atoms with E-state index in [-0.39, 0.29) is 5.75 Å². The molecule has 0 bridgehead atoms. The Morgan fingerprint density at radius 3 is 3.11 bits per heavy atom. The maximum Gasteiger partial charge on any atom is 0.134 e. The third kappa shape index (κ3) is 2.69. The van der Waals surface area contributed by atoms with Gasteiger partial charge in [-0.15, -0.1) is 0 Å². The molecule has 1 aliphatic rings. The van der Waals surface area contributed by atoms with Crippen LogP contribution in [0.25, 0.3) is 10.8 Å². The van der Waals surface area contributed by atoms with Gasteiger partial charge in [-0.25, -0.2) is 4.98 Å². The average molecular weight is 255 g/mol. The molecule has 1 aromatic heterocycles. The number of nitrogens with zero attached hydrogens (tertiary/aromatic N) is 1. The number of aromatic nitrogens is 1. The van der Waals surface area contributed by atoms with Crippen LogP contribution < -0.4 is 10.6 Å². The molecule has 4 nitrogen and oxygen atoms in total. The van der Waals surface area contributed by atoms with Gasteiger partial charge in [0, 0.05) is 24.7 Å². The van der Waals surface area contributed by atoms with E-state index < -0.39 is 0 Å². The van der Waals surface area contributed by atoms with Crippen molar-refractivity contribution in [2.75, 3.05) is 25.0 Å². The van der Waals surface area contributed by atoms with Gasteiger partial charge in [0.15, 0.2) is 0 Å². The minimum atomic E-state index is 0.268. The Morgan fingerprint density at radius 2 is 2.26 bits per heavy atom. The second-order valence-corrected chi connectivity index (χ2v) is 4.74. The number of hydrogen-bond donors (Lipinski definition) is 3. The number of hydrogen-bond acceptors (Lipinski definition) is 4. The molecule has 1 aromatic carbocycles. The number of anilines is 1. The van der Waals surface area contributed by atoms with E-state index in [4.69, 9.17) is 0 Å². The van der Waals surface area contributed by atoms with Crippen LogP contribution in [0.2, 0.25) is 0 Å². The summed E-state index contributed by atoms with van der Waals surface area (Å²) in [4.78, 5) is 4.37. The summed E-state index contributed by atoms with van der Waals surface area (Å²) in [6.45, 7) is 2.79. The first-order valence-electron chi connectivity index (χ1n) is 6.53. The number of fused-ring (bicyclic) bond motifs is 1. The van der Waals surface area contributed by atoms with Crippen LogP contribution in [0, 0.1) is 0 Å². The highest BCUT2D eigenvalue weighted by atomic mass is 16.3. The van der Waals surface area contributed by atoms with E-state index in [1.165, 1.54) is 5.57 Å². The maximum absolute atomic E-state index is 9.60. The van der Waals surface area contributed by atoms with E-state index in [2.05, 4.69) is 21.7 Å². The highest BCUT2D eigenvalue weighted by Gasteiger charge is 2.06. The van der Waals surface area contributed by atoms with Crippen molar-refractivity contribution in [2.45, 2.75) is 6.42 Å². The summed E-state index contributed by atoms with van der Waals surface area (Å²) in [6, 6.07) is 7.30. The molecule has 0 radical (unpaired) electrons. The Balaban J connectivity index is 1.84. The van der Waals surface area contributed by atoms with Crippen molar-refractivity contribution in [3.8, 4) is 5.75 Å². The van der Waals surface area contributed by atoms with E-state index >= 15 is 0 Å². The molecule has 3 N–H and O–H groups in total. The molecule has 0 amide bonds. The Bertz CT molecular complexity index is 622. The van der Waals surface area contributed by atoms with Gasteiger partial charge in [-0.3, -0.25) is 0 Å². The van der Waals surface area contributed by atoms with Crippen molar-refractivity contribution in [2.24, 2.45) is 0 Å². The quantitative estimate of drug-likeness (QED) is 0.736. The fourth-order valence-corrected chi connectivity index (χ4v) is 2.32. The van der Waals surface area contributed by atoms with Crippen molar-refractivity contribution in [1.29, 1.82) is 0 Å².